The predicted octanol–water partition coefficient (Wildman–Crippen LogP) is 2.84. The minimum Gasteiger partial charge on any atom is -0.310 e. The Balaban J connectivity index is 1.56. The van der Waals surface area contributed by atoms with Crippen LogP contribution in [0.3, 0.4) is 0 Å². The lowest BCUT2D eigenvalue weighted by atomic mass is 10.2. The SMILES string of the molecule is Cc1nccn1-c1cc(NC(=O)CSCc2ccccc2)ncn1. The molecule has 24 heavy (non-hydrogen) atoms. The molecule has 7 heteroatoms. The third kappa shape index (κ3) is 4.20. The number of thioether (sulfide) groups is 1. The normalized spacial score (nSPS) is 10.5. The first-order valence-corrected chi connectivity index (χ1v) is 8.62. The lowest BCUT2D eigenvalue weighted by Gasteiger charge is -2.07. The second kappa shape index (κ2) is 7.74. The monoisotopic (exact) mass is 339 g/mol. The molecule has 3 aromatic rings. The number of rotatable bonds is 6. The van der Waals surface area contributed by atoms with Gasteiger partial charge in [0.05, 0.1) is 5.75 Å². The van der Waals surface area contributed by atoms with Crippen molar-refractivity contribution >= 4 is 23.5 Å². The highest BCUT2D eigenvalue weighted by Gasteiger charge is 2.07. The van der Waals surface area contributed by atoms with Gasteiger partial charge in [-0.05, 0) is 12.5 Å². The molecule has 0 unspecified atom stereocenters. The van der Waals surface area contributed by atoms with Gasteiger partial charge in [-0.1, -0.05) is 30.3 Å². The fourth-order valence-electron chi connectivity index (χ4n) is 2.18. The topological polar surface area (TPSA) is 72.7 Å². The molecule has 1 amide bonds. The number of carbonyl (C=O) groups is 1. The van der Waals surface area contributed by atoms with Gasteiger partial charge in [-0.15, -0.1) is 11.8 Å². The van der Waals surface area contributed by atoms with E-state index in [0.717, 1.165) is 11.6 Å². The molecule has 0 aliphatic carbocycles. The number of nitrogens with one attached hydrogen (secondary N) is 1. The highest BCUT2D eigenvalue weighted by molar-refractivity contribution is 7.99. The van der Waals surface area contributed by atoms with E-state index < -0.39 is 0 Å². The van der Waals surface area contributed by atoms with Crippen LogP contribution in [-0.4, -0.2) is 31.2 Å². The summed E-state index contributed by atoms with van der Waals surface area (Å²) in [5, 5.41) is 2.81. The van der Waals surface area contributed by atoms with Crippen molar-refractivity contribution in [2.75, 3.05) is 11.1 Å². The summed E-state index contributed by atoms with van der Waals surface area (Å²) in [6, 6.07) is 11.8. The third-order valence-corrected chi connectivity index (χ3v) is 4.34. The number of amides is 1. The van der Waals surface area contributed by atoms with Gasteiger partial charge < -0.3 is 5.32 Å². The Labute approximate surface area is 144 Å². The van der Waals surface area contributed by atoms with Crippen LogP contribution < -0.4 is 5.32 Å². The molecule has 0 spiro atoms. The van der Waals surface area contributed by atoms with Gasteiger partial charge in [0.2, 0.25) is 5.91 Å². The van der Waals surface area contributed by atoms with Crippen LogP contribution >= 0.6 is 11.8 Å². The summed E-state index contributed by atoms with van der Waals surface area (Å²) in [7, 11) is 0. The zero-order valence-electron chi connectivity index (χ0n) is 13.2. The molecular formula is C17H17N5OS. The minimum atomic E-state index is -0.0806. The summed E-state index contributed by atoms with van der Waals surface area (Å²) in [4.78, 5) is 24.5. The standard InChI is InChI=1S/C17H17N5OS/c1-13-18-7-8-22(13)16-9-15(19-12-20-16)21-17(23)11-24-10-14-5-3-2-4-6-14/h2-9,12H,10-11H2,1H3,(H,19,20,21,23). The van der Waals surface area contributed by atoms with E-state index in [0.29, 0.717) is 17.4 Å². The molecule has 3 rings (SSSR count). The molecule has 1 N–H and O–H groups in total. The predicted molar refractivity (Wildman–Crippen MR) is 95.1 cm³/mol. The maximum Gasteiger partial charge on any atom is 0.235 e. The Bertz CT molecular complexity index is 819. The van der Waals surface area contributed by atoms with Gasteiger partial charge in [0, 0.05) is 24.2 Å². The minimum absolute atomic E-state index is 0.0806. The van der Waals surface area contributed by atoms with E-state index in [4.69, 9.17) is 0 Å². The molecule has 0 aliphatic heterocycles. The number of aryl methyl sites for hydroxylation is 1. The fraction of sp³-hybridized carbons (Fsp3) is 0.176. The van der Waals surface area contributed by atoms with Crippen molar-refractivity contribution in [3.8, 4) is 5.82 Å². The Morgan fingerprint density at radius 1 is 1.21 bits per heavy atom. The maximum atomic E-state index is 12.1. The summed E-state index contributed by atoms with van der Waals surface area (Å²) in [6.07, 6.45) is 4.95. The fourth-order valence-corrected chi connectivity index (χ4v) is 2.97. The Kier molecular flexibility index (Phi) is 5.22. The lowest BCUT2D eigenvalue weighted by molar-refractivity contribution is -0.113. The zero-order chi connectivity index (χ0) is 16.8. The number of aromatic nitrogens is 4. The van der Waals surface area contributed by atoms with E-state index in [2.05, 4.69) is 32.4 Å². The third-order valence-electron chi connectivity index (χ3n) is 3.34. The smallest absolute Gasteiger partial charge is 0.235 e. The number of hydrogen-bond acceptors (Lipinski definition) is 5. The summed E-state index contributed by atoms with van der Waals surface area (Å²) in [6.45, 7) is 1.89. The van der Waals surface area contributed by atoms with Crippen LogP contribution in [0, 0.1) is 6.92 Å². The van der Waals surface area contributed by atoms with Crippen molar-refractivity contribution in [3.63, 3.8) is 0 Å². The van der Waals surface area contributed by atoms with Crippen LogP contribution in [0.25, 0.3) is 5.82 Å². The van der Waals surface area contributed by atoms with E-state index >= 15 is 0 Å². The van der Waals surface area contributed by atoms with Crippen LogP contribution in [0.15, 0.2) is 55.1 Å². The molecule has 0 fully saturated rings. The molecule has 0 bridgehead atoms. The number of benzene rings is 1. The van der Waals surface area contributed by atoms with Crippen molar-refractivity contribution in [2.45, 2.75) is 12.7 Å². The Morgan fingerprint density at radius 3 is 2.79 bits per heavy atom. The second-order valence-electron chi connectivity index (χ2n) is 5.13. The molecule has 122 valence electrons. The van der Waals surface area contributed by atoms with Gasteiger partial charge in [0.25, 0.3) is 0 Å². The van der Waals surface area contributed by atoms with E-state index in [-0.39, 0.29) is 5.91 Å². The highest BCUT2D eigenvalue weighted by Crippen LogP contribution is 2.14. The van der Waals surface area contributed by atoms with Gasteiger partial charge in [-0.3, -0.25) is 9.36 Å². The molecule has 0 saturated heterocycles. The van der Waals surface area contributed by atoms with Crippen LogP contribution in [0.1, 0.15) is 11.4 Å². The van der Waals surface area contributed by atoms with Crippen molar-refractivity contribution < 1.29 is 4.79 Å². The average molecular weight is 339 g/mol. The first-order chi connectivity index (χ1) is 11.7. The molecule has 6 nitrogen and oxygen atoms in total. The number of imidazole rings is 1. The first-order valence-electron chi connectivity index (χ1n) is 7.46. The first kappa shape index (κ1) is 16.2. The van der Waals surface area contributed by atoms with E-state index in [9.17, 15) is 4.79 Å². The molecule has 0 radical (unpaired) electrons. The van der Waals surface area contributed by atoms with Crippen molar-refractivity contribution in [1.82, 2.24) is 19.5 Å². The van der Waals surface area contributed by atoms with Gasteiger partial charge in [-0.25, -0.2) is 15.0 Å². The summed E-state index contributed by atoms with van der Waals surface area (Å²) in [5.74, 6) is 3.08. The largest absolute Gasteiger partial charge is 0.310 e. The summed E-state index contributed by atoms with van der Waals surface area (Å²) < 4.78 is 1.83. The molecule has 0 atom stereocenters. The van der Waals surface area contributed by atoms with Crippen LogP contribution in [0.4, 0.5) is 5.82 Å². The van der Waals surface area contributed by atoms with Crippen LogP contribution in [0.5, 0.6) is 0 Å². The Hall–Kier alpha value is -2.67. The van der Waals surface area contributed by atoms with E-state index in [1.807, 2.05) is 35.9 Å². The quantitative estimate of drug-likeness (QED) is 0.747. The lowest BCUT2D eigenvalue weighted by Crippen LogP contribution is -2.15. The molecule has 0 saturated carbocycles. The molecule has 2 aromatic heterocycles. The molecular weight excluding hydrogens is 322 g/mol. The number of anilines is 1. The van der Waals surface area contributed by atoms with E-state index in [1.54, 1.807) is 24.0 Å². The number of carbonyl (C=O) groups excluding carboxylic acids is 1. The van der Waals surface area contributed by atoms with Gasteiger partial charge in [0.1, 0.15) is 23.8 Å². The molecule has 0 aliphatic rings. The molecule has 2 heterocycles. The van der Waals surface area contributed by atoms with E-state index in [1.165, 1.54) is 11.9 Å². The zero-order valence-corrected chi connectivity index (χ0v) is 14.0. The average Bonchev–Trinajstić information content (AvgIpc) is 3.02. The number of hydrogen-bond donors (Lipinski definition) is 1. The second-order valence-corrected chi connectivity index (χ2v) is 6.12. The van der Waals surface area contributed by atoms with Gasteiger partial charge in [-0.2, -0.15) is 0 Å². The van der Waals surface area contributed by atoms with Gasteiger partial charge >= 0.3 is 0 Å². The van der Waals surface area contributed by atoms with Crippen molar-refractivity contribution in [3.05, 3.63) is 66.5 Å². The Morgan fingerprint density at radius 2 is 2.04 bits per heavy atom. The summed E-state index contributed by atoms with van der Waals surface area (Å²) >= 11 is 1.57. The van der Waals surface area contributed by atoms with Gasteiger partial charge in [0.15, 0.2) is 0 Å². The maximum absolute atomic E-state index is 12.1. The summed E-state index contributed by atoms with van der Waals surface area (Å²) in [5.41, 5.74) is 1.20. The molecule has 1 aromatic carbocycles. The van der Waals surface area contributed by atoms with Crippen molar-refractivity contribution in [1.29, 1.82) is 0 Å². The van der Waals surface area contributed by atoms with Crippen LogP contribution in [0.2, 0.25) is 0 Å². The van der Waals surface area contributed by atoms with Crippen molar-refractivity contribution in [2.24, 2.45) is 0 Å². The van der Waals surface area contributed by atoms with Crippen LogP contribution in [-0.2, 0) is 10.5 Å². The highest BCUT2D eigenvalue weighted by atomic mass is 32.2. The number of nitrogens with zero attached hydrogens (tertiary/aromatic N) is 4.